The number of pyridine rings is 1. The van der Waals surface area contributed by atoms with Gasteiger partial charge in [0.1, 0.15) is 48.7 Å². The third-order valence-corrected chi connectivity index (χ3v) is 15.3. The Morgan fingerprint density at radius 3 is 1.46 bits per heavy atom. The van der Waals surface area contributed by atoms with Gasteiger partial charge in [0.25, 0.3) is 0 Å². The van der Waals surface area contributed by atoms with Crippen LogP contribution in [-0.2, 0) is 38.9 Å². The summed E-state index contributed by atoms with van der Waals surface area (Å²) < 4.78 is 32.3. The van der Waals surface area contributed by atoms with Gasteiger partial charge in [0, 0.05) is 47.7 Å². The zero-order chi connectivity index (χ0) is 56.0. The Morgan fingerprint density at radius 2 is 1.04 bits per heavy atom. The van der Waals surface area contributed by atoms with Gasteiger partial charge in [-0.25, -0.2) is 17.9 Å². The first-order chi connectivity index (χ1) is 36.5. The zero-order valence-corrected chi connectivity index (χ0v) is 49.0. The Morgan fingerprint density at radius 1 is 0.628 bits per heavy atom. The van der Waals surface area contributed by atoms with Crippen molar-refractivity contribution in [3.05, 3.63) is 160 Å². The number of halogens is 9. The minimum Gasteiger partial charge on any atom is -0.481 e. The van der Waals surface area contributed by atoms with Crippen molar-refractivity contribution in [2.24, 2.45) is 44.1 Å². The van der Waals surface area contributed by atoms with E-state index < -0.39 is 33.7 Å². The summed E-state index contributed by atoms with van der Waals surface area (Å²) in [7, 11) is -3.64. The van der Waals surface area contributed by atoms with E-state index in [0.29, 0.717) is 70.5 Å². The Kier molecular flexibility index (Phi) is 24.2. The number of nitrogens with zero attached hydrogens (tertiary/aromatic N) is 5. The number of aliphatic carboxylic acids is 1. The molecule has 0 saturated heterocycles. The molecule has 28 heteroatoms. The Hall–Kier alpha value is -4.87. The van der Waals surface area contributed by atoms with Crippen LogP contribution in [-0.4, -0.2) is 105 Å². The average molecular weight is 1270 g/mol. The van der Waals surface area contributed by atoms with E-state index in [1.807, 2.05) is 6.07 Å². The number of hydrogen-bond acceptors (Lipinski definition) is 15. The number of oxime groups is 4. The number of carbonyl (C=O) groups excluding carboxylic acids is 1. The predicted octanol–water partition coefficient (Wildman–Crippen LogP) is 11.9. The van der Waals surface area contributed by atoms with Gasteiger partial charge in [-0.3, -0.25) is 9.78 Å². The molecule has 0 bridgehead atoms. The van der Waals surface area contributed by atoms with Crippen LogP contribution in [0.5, 0.6) is 0 Å². The number of alkyl carbamates (subject to hydrolysis) is 1. The second-order valence-electron chi connectivity index (χ2n) is 17.8. The number of sulfonamides is 1. The molecule has 4 atom stereocenters. The van der Waals surface area contributed by atoms with Crippen molar-refractivity contribution in [2.45, 2.75) is 43.7 Å². The SMILES string of the molecule is CC(C)(C)OC(=O)NC1CON=C1c1ccc(Cl)c(Cl)c1.Cl.NCC1CON=C1c1ccc(Cl)c(Cl)c1.O=C(O)CC1CON=C1c1ccc(Cl)c(Cl)c1.O=S(=O)(NCC1CON=C1c1ccc(Cl)c(Cl)c1)c1cccnc1. The van der Waals surface area contributed by atoms with Gasteiger partial charge in [-0.15, -0.1) is 12.4 Å². The van der Waals surface area contributed by atoms with Crippen molar-refractivity contribution in [2.75, 3.05) is 39.5 Å². The fourth-order valence-corrected chi connectivity index (χ4v) is 9.41. The summed E-state index contributed by atoms with van der Waals surface area (Å²) in [5.74, 6) is -1.21. The van der Waals surface area contributed by atoms with Crippen molar-refractivity contribution in [1.29, 1.82) is 0 Å². The summed E-state index contributed by atoms with van der Waals surface area (Å²) in [6.45, 7) is 7.40. The summed E-state index contributed by atoms with van der Waals surface area (Å²) in [5.41, 5.74) is 10.8. The minimum absolute atomic E-state index is 0. The molecule has 0 saturated carbocycles. The van der Waals surface area contributed by atoms with Gasteiger partial charge < -0.3 is 40.2 Å². The molecule has 18 nitrogen and oxygen atoms in total. The van der Waals surface area contributed by atoms with Gasteiger partial charge in [-0.1, -0.05) is 138 Å². The standard InChI is InChI=1S/C15H13Cl2N3O3S.C14H16Cl2N2O3.C11H9Cl2NO3.C10H10Cl2N2O.ClH/c16-13-4-3-10(6-14(13)17)15-11(9-23-20-15)7-19-24(21,22)12-2-1-5-18-8-12;1-14(2,3)21-13(19)17-11-7-20-18-12(11)8-4-5-9(15)10(16)6-8;12-8-2-1-6(3-9(8)13)11-7(4-10(15)16)5-17-14-11;11-8-2-1-6(3-9(8)12)10-7(4-13)5-15-14-10;/h1-6,8,11,19H,7,9H2;4-6,11H,7H2,1-3H3,(H,17,19);1-3,7H,4-5H2,(H,15,16);1-3,7H,4-5,13H2;1H. The number of nitrogens with two attached hydrogens (primary N) is 1. The Labute approximate surface area is 495 Å². The maximum absolute atomic E-state index is 12.3. The van der Waals surface area contributed by atoms with Gasteiger partial charge in [0.05, 0.1) is 81.5 Å². The third kappa shape index (κ3) is 18.3. The molecule has 4 aliphatic rings. The number of benzene rings is 4. The number of rotatable bonds is 12. The van der Waals surface area contributed by atoms with Crippen LogP contribution in [0, 0.1) is 17.8 Å². The monoisotopic (exact) mass is 1270 g/mol. The molecule has 0 aliphatic carbocycles. The topological polar surface area (TPSA) is 247 Å². The summed E-state index contributed by atoms with van der Waals surface area (Å²) in [5, 5.41) is 30.9. The number of aromatic nitrogens is 1. The molecule has 5 N–H and O–H groups in total. The summed E-state index contributed by atoms with van der Waals surface area (Å²) in [6, 6.07) is 23.3. The van der Waals surface area contributed by atoms with Gasteiger partial charge in [0.2, 0.25) is 10.0 Å². The summed E-state index contributed by atoms with van der Waals surface area (Å²) in [6.07, 6.45) is 2.27. The molecular formula is C50H49Cl9N8O10S. The number of nitrogens with one attached hydrogen (secondary N) is 2. The van der Waals surface area contributed by atoms with E-state index in [1.54, 1.807) is 93.6 Å². The molecule has 418 valence electrons. The highest BCUT2D eigenvalue weighted by atomic mass is 35.5. The van der Waals surface area contributed by atoms with E-state index in [9.17, 15) is 18.0 Å². The van der Waals surface area contributed by atoms with E-state index >= 15 is 0 Å². The van der Waals surface area contributed by atoms with Crippen LogP contribution < -0.4 is 15.8 Å². The van der Waals surface area contributed by atoms with Gasteiger partial charge in [-0.05, 0) is 81.4 Å². The molecule has 5 heterocycles. The van der Waals surface area contributed by atoms with E-state index in [2.05, 4.69) is 35.6 Å². The fourth-order valence-electron chi connectivity index (χ4n) is 7.18. The lowest BCUT2D eigenvalue weighted by atomic mass is 9.95. The van der Waals surface area contributed by atoms with Crippen molar-refractivity contribution >= 4 is 150 Å². The second kappa shape index (κ2) is 29.6. The number of ether oxygens (including phenoxy) is 1. The number of hydrogen-bond donors (Lipinski definition) is 4. The maximum Gasteiger partial charge on any atom is 0.408 e. The molecule has 4 aliphatic heterocycles. The van der Waals surface area contributed by atoms with E-state index in [4.69, 9.17) is 128 Å². The van der Waals surface area contributed by atoms with Crippen LogP contribution in [0.4, 0.5) is 4.79 Å². The molecule has 4 unspecified atom stereocenters. The normalized spacial score (nSPS) is 18.1. The summed E-state index contributed by atoms with van der Waals surface area (Å²) in [4.78, 5) is 46.6. The lowest BCUT2D eigenvalue weighted by Crippen LogP contribution is -2.43. The van der Waals surface area contributed by atoms with Crippen LogP contribution in [0.15, 0.2) is 123 Å². The third-order valence-electron chi connectivity index (χ3n) is 10.9. The van der Waals surface area contributed by atoms with Crippen molar-refractivity contribution in [3.8, 4) is 0 Å². The average Bonchev–Trinajstić information content (AvgIpc) is 4.24. The number of carbonyl (C=O) groups is 2. The largest absolute Gasteiger partial charge is 0.481 e. The fraction of sp³-hybridized carbons (Fsp3) is 0.300. The molecule has 9 rings (SSSR count). The maximum atomic E-state index is 12.3. The van der Waals surface area contributed by atoms with Crippen LogP contribution >= 0.6 is 105 Å². The van der Waals surface area contributed by atoms with Crippen LogP contribution in [0.25, 0.3) is 0 Å². The van der Waals surface area contributed by atoms with Crippen molar-refractivity contribution in [3.63, 3.8) is 0 Å². The molecule has 1 amide bonds. The molecular weight excluding hydrogens is 1220 g/mol. The highest BCUT2D eigenvalue weighted by Crippen LogP contribution is 2.30. The van der Waals surface area contributed by atoms with Crippen molar-refractivity contribution in [1.82, 2.24) is 15.0 Å². The lowest BCUT2D eigenvalue weighted by Gasteiger charge is -2.21. The van der Waals surface area contributed by atoms with Gasteiger partial charge in [-0.2, -0.15) is 0 Å². The highest BCUT2D eigenvalue weighted by molar-refractivity contribution is 7.89. The zero-order valence-electron chi connectivity index (χ0n) is 41.3. The lowest BCUT2D eigenvalue weighted by molar-refractivity contribution is -0.137. The molecule has 1 aromatic heterocycles. The first-order valence-corrected chi connectivity index (χ1v) is 27.5. The van der Waals surface area contributed by atoms with E-state index in [0.717, 1.165) is 28.0 Å². The number of carboxylic acids is 1. The number of carboxylic acid groups (broad SMARTS) is 1. The molecule has 78 heavy (non-hydrogen) atoms. The Bertz CT molecular complexity index is 3170. The quantitative estimate of drug-likeness (QED) is 0.0911. The molecule has 4 aromatic carbocycles. The summed E-state index contributed by atoms with van der Waals surface area (Å²) >= 11 is 47.3. The van der Waals surface area contributed by atoms with Gasteiger partial charge >= 0.3 is 12.1 Å². The second-order valence-corrected chi connectivity index (χ2v) is 22.8. The first-order valence-electron chi connectivity index (χ1n) is 23.0. The molecule has 5 aromatic rings. The van der Waals surface area contributed by atoms with Crippen molar-refractivity contribution < 1.29 is 47.2 Å². The molecule has 0 fully saturated rings. The smallest absolute Gasteiger partial charge is 0.408 e. The van der Waals surface area contributed by atoms with Crippen LogP contribution in [0.2, 0.25) is 40.2 Å². The van der Waals surface area contributed by atoms with E-state index in [1.165, 1.54) is 18.5 Å². The minimum atomic E-state index is -3.64. The van der Waals surface area contributed by atoms with Gasteiger partial charge in [0.15, 0.2) is 0 Å². The van der Waals surface area contributed by atoms with E-state index in [-0.39, 0.29) is 67.8 Å². The Balaban J connectivity index is 0.000000194. The molecule has 0 radical (unpaired) electrons. The highest BCUT2D eigenvalue weighted by Gasteiger charge is 2.31. The first kappa shape index (κ1) is 64.0. The van der Waals surface area contributed by atoms with Crippen LogP contribution in [0.3, 0.4) is 0 Å². The molecule has 0 spiro atoms. The van der Waals surface area contributed by atoms with Crippen LogP contribution in [0.1, 0.15) is 49.4 Å². The number of amides is 1. The predicted molar refractivity (Wildman–Crippen MR) is 307 cm³/mol.